The van der Waals surface area contributed by atoms with Crippen molar-refractivity contribution in [1.82, 2.24) is 19.8 Å². The summed E-state index contributed by atoms with van der Waals surface area (Å²) in [5.41, 5.74) is 1.74. The lowest BCUT2D eigenvalue weighted by Gasteiger charge is -2.23. The molecule has 1 saturated heterocycles. The summed E-state index contributed by atoms with van der Waals surface area (Å²) in [5, 5.41) is 0. The average Bonchev–Trinajstić information content (AvgIpc) is 3.02. The lowest BCUT2D eigenvalue weighted by molar-refractivity contribution is 0.0726. The third-order valence-corrected chi connectivity index (χ3v) is 3.83. The van der Waals surface area contributed by atoms with E-state index in [4.69, 9.17) is 0 Å². The highest BCUT2D eigenvalue weighted by molar-refractivity contribution is 5.94. The maximum absolute atomic E-state index is 12.4. The van der Waals surface area contributed by atoms with Crippen LogP contribution in [-0.2, 0) is 0 Å². The Labute approximate surface area is 112 Å². The fourth-order valence-electron chi connectivity index (χ4n) is 2.61. The van der Waals surface area contributed by atoms with Gasteiger partial charge in [0, 0.05) is 19.6 Å². The van der Waals surface area contributed by atoms with Crippen LogP contribution in [0.2, 0.25) is 0 Å². The van der Waals surface area contributed by atoms with E-state index in [1.807, 2.05) is 31.3 Å². The molecule has 5 heteroatoms. The molecule has 1 amide bonds. The van der Waals surface area contributed by atoms with Gasteiger partial charge in [0.05, 0.1) is 11.0 Å². The van der Waals surface area contributed by atoms with Crippen molar-refractivity contribution in [2.45, 2.75) is 12.5 Å². The second-order valence-corrected chi connectivity index (χ2v) is 5.22. The second kappa shape index (κ2) is 4.66. The number of amides is 1. The van der Waals surface area contributed by atoms with Gasteiger partial charge in [0.25, 0.3) is 5.91 Å². The number of carbonyl (C=O) groups excluding carboxylic acids is 1. The number of benzene rings is 1. The van der Waals surface area contributed by atoms with Crippen LogP contribution in [0.3, 0.4) is 0 Å². The molecule has 0 spiro atoms. The molecule has 100 valence electrons. The number of likely N-dealkylation sites (N-methyl/N-ethyl adjacent to an activating group) is 2. The maximum atomic E-state index is 12.4. The quantitative estimate of drug-likeness (QED) is 0.884. The van der Waals surface area contributed by atoms with Crippen LogP contribution in [0.5, 0.6) is 0 Å². The van der Waals surface area contributed by atoms with Gasteiger partial charge in [0.2, 0.25) is 0 Å². The molecule has 1 atom stereocenters. The van der Waals surface area contributed by atoms with Crippen molar-refractivity contribution in [2.75, 3.05) is 27.2 Å². The Morgan fingerprint density at radius 1 is 1.47 bits per heavy atom. The van der Waals surface area contributed by atoms with Gasteiger partial charge in [0.15, 0.2) is 5.82 Å². The number of nitrogens with one attached hydrogen (secondary N) is 1. The minimum absolute atomic E-state index is 0.0310. The standard InChI is InChI=1S/C14H18N4O/c1-17-8-7-10(9-17)18(2)14(19)13-15-11-5-3-4-6-12(11)16-13/h3-6,10H,7-9H2,1-2H3,(H,15,16)/t10-/m1/s1. The Morgan fingerprint density at radius 3 is 2.95 bits per heavy atom. The van der Waals surface area contributed by atoms with Gasteiger partial charge in [0.1, 0.15) is 0 Å². The van der Waals surface area contributed by atoms with Crippen molar-refractivity contribution in [3.63, 3.8) is 0 Å². The summed E-state index contributed by atoms with van der Waals surface area (Å²) in [6.07, 6.45) is 1.03. The molecule has 0 bridgehead atoms. The third kappa shape index (κ3) is 2.21. The van der Waals surface area contributed by atoms with Gasteiger partial charge in [-0.2, -0.15) is 0 Å². The van der Waals surface area contributed by atoms with E-state index < -0.39 is 0 Å². The molecule has 3 rings (SSSR count). The topological polar surface area (TPSA) is 52.2 Å². The fraction of sp³-hybridized carbons (Fsp3) is 0.429. The van der Waals surface area contributed by atoms with E-state index >= 15 is 0 Å². The number of carbonyl (C=O) groups is 1. The van der Waals surface area contributed by atoms with Gasteiger partial charge in [-0.3, -0.25) is 4.79 Å². The number of imidazole rings is 1. The number of aromatic nitrogens is 2. The molecule has 5 nitrogen and oxygen atoms in total. The molecular weight excluding hydrogens is 240 g/mol. The van der Waals surface area contributed by atoms with Crippen molar-refractivity contribution in [2.24, 2.45) is 0 Å². The van der Waals surface area contributed by atoms with Gasteiger partial charge < -0.3 is 14.8 Å². The molecule has 1 N–H and O–H groups in total. The molecule has 1 fully saturated rings. The van der Waals surface area contributed by atoms with E-state index in [2.05, 4.69) is 21.9 Å². The molecule has 1 aliphatic rings. The molecule has 19 heavy (non-hydrogen) atoms. The molecule has 1 aliphatic heterocycles. The minimum atomic E-state index is -0.0310. The Kier molecular flexibility index (Phi) is 2.98. The zero-order valence-electron chi connectivity index (χ0n) is 11.3. The third-order valence-electron chi connectivity index (χ3n) is 3.83. The molecular formula is C14H18N4O. The molecule has 1 aromatic heterocycles. The first-order valence-electron chi connectivity index (χ1n) is 6.55. The molecule has 1 aromatic carbocycles. The van der Waals surface area contributed by atoms with Crippen molar-refractivity contribution in [1.29, 1.82) is 0 Å². The van der Waals surface area contributed by atoms with Gasteiger partial charge in [-0.1, -0.05) is 12.1 Å². The van der Waals surface area contributed by atoms with Crippen LogP contribution in [0, 0.1) is 0 Å². The second-order valence-electron chi connectivity index (χ2n) is 5.22. The van der Waals surface area contributed by atoms with Crippen LogP contribution < -0.4 is 0 Å². The van der Waals surface area contributed by atoms with Crippen molar-refractivity contribution >= 4 is 16.9 Å². The van der Waals surface area contributed by atoms with E-state index in [0.717, 1.165) is 30.5 Å². The smallest absolute Gasteiger partial charge is 0.289 e. The van der Waals surface area contributed by atoms with E-state index in [-0.39, 0.29) is 11.9 Å². The van der Waals surface area contributed by atoms with E-state index in [0.29, 0.717) is 5.82 Å². The van der Waals surface area contributed by atoms with Crippen molar-refractivity contribution < 1.29 is 4.79 Å². The summed E-state index contributed by atoms with van der Waals surface area (Å²) in [6, 6.07) is 7.98. The van der Waals surface area contributed by atoms with Crippen LogP contribution in [0.15, 0.2) is 24.3 Å². The van der Waals surface area contributed by atoms with E-state index in [9.17, 15) is 4.79 Å². The van der Waals surface area contributed by atoms with Crippen LogP contribution >= 0.6 is 0 Å². The van der Waals surface area contributed by atoms with E-state index in [1.165, 1.54) is 0 Å². The van der Waals surface area contributed by atoms with Crippen molar-refractivity contribution in [3.8, 4) is 0 Å². The number of hydrogen-bond acceptors (Lipinski definition) is 3. The Morgan fingerprint density at radius 2 is 2.26 bits per heavy atom. The summed E-state index contributed by atoms with van der Waals surface area (Å²) in [7, 11) is 3.94. The number of H-pyrrole nitrogens is 1. The lowest BCUT2D eigenvalue weighted by Crippen LogP contribution is -2.39. The summed E-state index contributed by atoms with van der Waals surface area (Å²) in [4.78, 5) is 23.9. The highest BCUT2D eigenvalue weighted by Crippen LogP contribution is 2.16. The highest BCUT2D eigenvalue weighted by Gasteiger charge is 2.28. The van der Waals surface area contributed by atoms with Crippen molar-refractivity contribution in [3.05, 3.63) is 30.1 Å². The first-order valence-corrected chi connectivity index (χ1v) is 6.55. The minimum Gasteiger partial charge on any atom is -0.335 e. The number of aromatic amines is 1. The monoisotopic (exact) mass is 258 g/mol. The van der Waals surface area contributed by atoms with Gasteiger partial charge in [-0.25, -0.2) is 4.98 Å². The summed E-state index contributed by atoms with van der Waals surface area (Å²) >= 11 is 0. The molecule has 0 saturated carbocycles. The number of rotatable bonds is 2. The highest BCUT2D eigenvalue weighted by atomic mass is 16.2. The maximum Gasteiger partial charge on any atom is 0.289 e. The number of fused-ring (bicyclic) bond motifs is 1. The molecule has 2 heterocycles. The van der Waals surface area contributed by atoms with Crippen LogP contribution in [0.4, 0.5) is 0 Å². The predicted octanol–water partition coefficient (Wildman–Crippen LogP) is 1.34. The SMILES string of the molecule is CN1CC[C@@H](N(C)C(=O)c2nc3ccccc3[nH]2)C1. The normalized spacial score (nSPS) is 20.0. The number of nitrogens with zero attached hydrogens (tertiary/aromatic N) is 3. The van der Waals surface area contributed by atoms with Crippen LogP contribution in [0.1, 0.15) is 17.0 Å². The lowest BCUT2D eigenvalue weighted by atomic mass is 10.2. The number of likely N-dealkylation sites (tertiary alicyclic amines) is 1. The number of hydrogen-bond donors (Lipinski definition) is 1. The first kappa shape index (κ1) is 12.2. The van der Waals surface area contributed by atoms with Gasteiger partial charge >= 0.3 is 0 Å². The van der Waals surface area contributed by atoms with E-state index in [1.54, 1.807) is 4.90 Å². The zero-order valence-corrected chi connectivity index (χ0v) is 11.3. The van der Waals surface area contributed by atoms with Gasteiger partial charge in [-0.05, 0) is 32.1 Å². The summed E-state index contributed by atoms with van der Waals surface area (Å²) in [6.45, 7) is 1.98. The Bertz CT molecular complexity index is 573. The first-order chi connectivity index (χ1) is 9.15. The average molecular weight is 258 g/mol. The van der Waals surface area contributed by atoms with Crippen LogP contribution in [-0.4, -0.2) is 58.9 Å². The van der Waals surface area contributed by atoms with Crippen LogP contribution in [0.25, 0.3) is 11.0 Å². The molecule has 0 radical (unpaired) electrons. The predicted molar refractivity (Wildman–Crippen MR) is 74.1 cm³/mol. The number of para-hydroxylation sites is 2. The Hall–Kier alpha value is -1.88. The largest absolute Gasteiger partial charge is 0.335 e. The zero-order chi connectivity index (χ0) is 13.4. The summed E-state index contributed by atoms with van der Waals surface area (Å²) < 4.78 is 0. The molecule has 0 unspecified atom stereocenters. The molecule has 0 aliphatic carbocycles. The fourth-order valence-corrected chi connectivity index (χ4v) is 2.61. The summed E-state index contributed by atoms with van der Waals surface area (Å²) in [5.74, 6) is 0.398. The molecule has 2 aromatic rings. The Balaban J connectivity index is 1.83. The van der Waals surface area contributed by atoms with Gasteiger partial charge in [-0.15, -0.1) is 0 Å².